The van der Waals surface area contributed by atoms with Crippen LogP contribution < -0.4 is 0 Å². The van der Waals surface area contributed by atoms with Gasteiger partial charge in [0.05, 0.1) is 6.61 Å². The predicted octanol–water partition coefficient (Wildman–Crippen LogP) is 3.51. The Balaban J connectivity index is 1.42. The van der Waals surface area contributed by atoms with Gasteiger partial charge in [-0.15, -0.1) is 0 Å². The fourth-order valence-corrected chi connectivity index (χ4v) is 4.21. The lowest BCUT2D eigenvalue weighted by atomic mass is 10.1. The summed E-state index contributed by atoms with van der Waals surface area (Å²) >= 11 is 0. The fraction of sp³-hybridized carbons (Fsp3) is 0.625. The van der Waals surface area contributed by atoms with E-state index in [0.29, 0.717) is 12.2 Å². The second-order valence-electron chi connectivity index (χ2n) is 9.22. The number of rotatable bonds is 6. The molecule has 3 heterocycles. The predicted molar refractivity (Wildman–Crippen MR) is 112 cm³/mol. The Bertz CT molecular complexity index is 816. The molecule has 3 saturated heterocycles. The maximum Gasteiger partial charge on any atom is 0.333 e. The molecule has 3 aliphatic rings. The largest absolute Gasteiger partial charge is 0.453 e. The van der Waals surface area contributed by atoms with Crippen LogP contribution in [0, 0.1) is 0 Å². The molecule has 3 fully saturated rings. The summed E-state index contributed by atoms with van der Waals surface area (Å²) in [6.07, 6.45) is 0.817. The average molecular weight is 433 g/mol. The summed E-state index contributed by atoms with van der Waals surface area (Å²) in [7, 11) is 0. The lowest BCUT2D eigenvalue weighted by Gasteiger charge is -2.28. The number of carbonyl (C=O) groups excluding carboxylic acids is 1. The van der Waals surface area contributed by atoms with E-state index < -0.39 is 42.1 Å². The van der Waals surface area contributed by atoms with Gasteiger partial charge >= 0.3 is 5.97 Å². The lowest BCUT2D eigenvalue weighted by molar-refractivity contribution is -0.234. The van der Waals surface area contributed by atoms with Gasteiger partial charge in [-0.3, -0.25) is 0 Å². The van der Waals surface area contributed by atoms with Crippen LogP contribution in [0.5, 0.6) is 0 Å². The van der Waals surface area contributed by atoms with Gasteiger partial charge in [0.15, 0.2) is 30.1 Å². The number of esters is 1. The van der Waals surface area contributed by atoms with Crippen LogP contribution in [0.3, 0.4) is 0 Å². The normalized spacial score (nSPS) is 34.0. The van der Waals surface area contributed by atoms with Crippen LogP contribution in [0.2, 0.25) is 0 Å². The first-order valence-electron chi connectivity index (χ1n) is 10.9. The highest BCUT2D eigenvalue weighted by molar-refractivity contribution is 5.87. The van der Waals surface area contributed by atoms with Gasteiger partial charge in [-0.05, 0) is 53.0 Å². The van der Waals surface area contributed by atoms with Crippen molar-refractivity contribution in [3.05, 3.63) is 47.5 Å². The van der Waals surface area contributed by atoms with Crippen molar-refractivity contribution in [3.8, 4) is 0 Å². The molecule has 0 N–H and O–H groups in total. The number of aryl methyl sites for hydroxylation is 1. The highest BCUT2D eigenvalue weighted by atomic mass is 16.8. The standard InChI is InChI=1S/C24H32O7/c1-15(10-9-13-16-11-7-6-8-12-16)21(25)27-19-18(17-14-26-23(2,3)29-17)28-22-20(19)30-24(4,5)31-22/h6-8,10-12,17-20,22H,9,13-14H2,1-5H3/b15-10+/t17-,18-,19+,20-,22-/m1/s1. The first-order chi connectivity index (χ1) is 14.6. The molecule has 0 radical (unpaired) electrons. The number of benzene rings is 1. The zero-order chi connectivity index (χ0) is 22.2. The average Bonchev–Trinajstić information content (AvgIpc) is 3.32. The Morgan fingerprint density at radius 3 is 2.48 bits per heavy atom. The molecule has 4 rings (SSSR count). The smallest absolute Gasteiger partial charge is 0.333 e. The van der Waals surface area contributed by atoms with Crippen LogP contribution >= 0.6 is 0 Å². The van der Waals surface area contributed by atoms with Gasteiger partial charge in [0.2, 0.25) is 0 Å². The zero-order valence-electron chi connectivity index (χ0n) is 18.8. The van der Waals surface area contributed by atoms with Gasteiger partial charge in [0, 0.05) is 5.57 Å². The fourth-order valence-electron chi connectivity index (χ4n) is 4.21. The molecular weight excluding hydrogens is 400 g/mol. The summed E-state index contributed by atoms with van der Waals surface area (Å²) in [6.45, 7) is 9.44. The van der Waals surface area contributed by atoms with E-state index in [4.69, 9.17) is 28.4 Å². The molecule has 170 valence electrons. The molecule has 1 aromatic rings. The topological polar surface area (TPSA) is 72.5 Å². The number of allylic oxidation sites excluding steroid dienone is 1. The summed E-state index contributed by atoms with van der Waals surface area (Å²) in [4.78, 5) is 12.9. The van der Waals surface area contributed by atoms with Gasteiger partial charge < -0.3 is 28.4 Å². The summed E-state index contributed by atoms with van der Waals surface area (Å²) in [5.74, 6) is -1.91. The van der Waals surface area contributed by atoms with Crippen LogP contribution in [-0.4, -0.2) is 54.9 Å². The van der Waals surface area contributed by atoms with E-state index >= 15 is 0 Å². The summed E-state index contributed by atoms with van der Waals surface area (Å²) in [5.41, 5.74) is 1.78. The monoisotopic (exact) mass is 432 g/mol. The van der Waals surface area contributed by atoms with Crippen molar-refractivity contribution in [2.45, 2.75) is 89.7 Å². The van der Waals surface area contributed by atoms with E-state index in [1.54, 1.807) is 6.92 Å². The molecule has 7 nitrogen and oxygen atoms in total. The van der Waals surface area contributed by atoms with Crippen molar-refractivity contribution >= 4 is 5.97 Å². The van der Waals surface area contributed by atoms with Crippen LogP contribution in [0.1, 0.15) is 46.6 Å². The van der Waals surface area contributed by atoms with Crippen molar-refractivity contribution in [2.75, 3.05) is 6.61 Å². The Morgan fingerprint density at radius 2 is 1.81 bits per heavy atom. The summed E-state index contributed by atoms with van der Waals surface area (Å²) in [6, 6.07) is 10.2. The van der Waals surface area contributed by atoms with E-state index in [9.17, 15) is 4.79 Å². The van der Waals surface area contributed by atoms with E-state index in [2.05, 4.69) is 12.1 Å². The number of ether oxygens (including phenoxy) is 6. The maximum absolute atomic E-state index is 12.9. The molecule has 1 aromatic carbocycles. The minimum atomic E-state index is -0.808. The minimum Gasteiger partial charge on any atom is -0.453 e. The van der Waals surface area contributed by atoms with Gasteiger partial charge in [-0.25, -0.2) is 4.79 Å². The van der Waals surface area contributed by atoms with Crippen LogP contribution in [0.25, 0.3) is 0 Å². The second-order valence-corrected chi connectivity index (χ2v) is 9.22. The molecule has 3 aliphatic heterocycles. The Hall–Kier alpha value is -1.77. The van der Waals surface area contributed by atoms with Crippen LogP contribution in [0.15, 0.2) is 42.0 Å². The first-order valence-corrected chi connectivity index (χ1v) is 10.9. The molecule has 0 unspecified atom stereocenters. The molecule has 0 aromatic heterocycles. The molecule has 7 heteroatoms. The highest BCUT2D eigenvalue weighted by Crippen LogP contribution is 2.42. The van der Waals surface area contributed by atoms with Crippen molar-refractivity contribution in [1.29, 1.82) is 0 Å². The third kappa shape index (κ3) is 5.18. The molecule has 31 heavy (non-hydrogen) atoms. The van der Waals surface area contributed by atoms with Crippen LogP contribution in [-0.2, 0) is 39.6 Å². The highest BCUT2D eigenvalue weighted by Gasteiger charge is 2.60. The summed E-state index contributed by atoms with van der Waals surface area (Å²) < 4.78 is 35.5. The van der Waals surface area contributed by atoms with Gasteiger partial charge in [-0.1, -0.05) is 36.4 Å². The van der Waals surface area contributed by atoms with E-state index in [-0.39, 0.29) is 6.10 Å². The molecule has 0 saturated carbocycles. The Labute approximate surface area is 183 Å². The molecule has 0 bridgehead atoms. The van der Waals surface area contributed by atoms with Crippen LogP contribution in [0.4, 0.5) is 0 Å². The van der Waals surface area contributed by atoms with Crippen molar-refractivity contribution in [1.82, 2.24) is 0 Å². The number of hydrogen-bond acceptors (Lipinski definition) is 7. The second kappa shape index (κ2) is 8.64. The zero-order valence-corrected chi connectivity index (χ0v) is 18.8. The van der Waals surface area contributed by atoms with Gasteiger partial charge in [-0.2, -0.15) is 0 Å². The van der Waals surface area contributed by atoms with E-state index in [0.717, 1.165) is 12.8 Å². The molecule has 0 amide bonds. The molecule has 0 spiro atoms. The molecule has 0 aliphatic carbocycles. The SMILES string of the molecule is C/C(=C\CCc1ccccc1)C(=O)O[C@@H]1[C@H]2OC(C)(C)O[C@H]2O[C@@H]1[C@H]1COC(C)(C)O1. The summed E-state index contributed by atoms with van der Waals surface area (Å²) in [5, 5.41) is 0. The van der Waals surface area contributed by atoms with Gasteiger partial charge in [0.1, 0.15) is 12.2 Å². The third-order valence-electron chi connectivity index (χ3n) is 5.72. The molecule has 5 atom stereocenters. The number of fused-ring (bicyclic) bond motifs is 1. The third-order valence-corrected chi connectivity index (χ3v) is 5.72. The number of carbonyl (C=O) groups is 1. The first kappa shape index (κ1) is 22.4. The van der Waals surface area contributed by atoms with E-state index in [1.165, 1.54) is 5.56 Å². The van der Waals surface area contributed by atoms with Crippen molar-refractivity contribution < 1.29 is 33.2 Å². The quantitative estimate of drug-likeness (QED) is 0.503. The Morgan fingerprint density at radius 1 is 1.06 bits per heavy atom. The molecular formula is C24H32O7. The lowest BCUT2D eigenvalue weighted by Crippen LogP contribution is -2.45. The van der Waals surface area contributed by atoms with Crippen molar-refractivity contribution in [2.24, 2.45) is 0 Å². The minimum absolute atomic E-state index is 0.348. The Kier molecular flexibility index (Phi) is 6.25. The number of hydrogen-bond donors (Lipinski definition) is 0. The van der Waals surface area contributed by atoms with E-state index in [1.807, 2.05) is 52.0 Å². The maximum atomic E-state index is 12.9. The van der Waals surface area contributed by atoms with Gasteiger partial charge in [0.25, 0.3) is 0 Å². The van der Waals surface area contributed by atoms with Crippen molar-refractivity contribution in [3.63, 3.8) is 0 Å².